The zero-order valence-electron chi connectivity index (χ0n) is 9.17. The van der Waals surface area contributed by atoms with Crippen LogP contribution in [-0.4, -0.2) is 40.6 Å². The Kier molecular flexibility index (Phi) is 2.64. The van der Waals surface area contributed by atoms with Crippen LogP contribution in [0.2, 0.25) is 0 Å². The van der Waals surface area contributed by atoms with Gasteiger partial charge in [-0.15, -0.1) is 11.8 Å². The molecule has 1 N–H and O–H groups in total. The van der Waals surface area contributed by atoms with Gasteiger partial charge in [-0.1, -0.05) is 18.2 Å². The van der Waals surface area contributed by atoms with Crippen molar-refractivity contribution < 1.29 is 9.90 Å². The van der Waals surface area contributed by atoms with Crippen molar-refractivity contribution >= 4 is 23.4 Å². The minimum Gasteiger partial charge on any atom is -0.394 e. The van der Waals surface area contributed by atoms with Gasteiger partial charge in [0, 0.05) is 16.2 Å². The number of benzene rings is 1. The SMILES string of the molecule is O=C1C2CSc3ccccc3C2=NN1CCO. The van der Waals surface area contributed by atoms with Crippen LogP contribution >= 0.6 is 11.8 Å². The molecule has 88 valence electrons. The number of rotatable bonds is 2. The lowest BCUT2D eigenvalue weighted by Crippen LogP contribution is -2.32. The number of carbonyl (C=O) groups is 1. The molecule has 0 spiro atoms. The fourth-order valence-corrected chi connectivity index (χ4v) is 3.32. The van der Waals surface area contributed by atoms with E-state index in [4.69, 9.17) is 5.11 Å². The third-order valence-electron chi connectivity index (χ3n) is 2.99. The van der Waals surface area contributed by atoms with Crippen molar-refractivity contribution in [2.45, 2.75) is 4.90 Å². The number of carbonyl (C=O) groups excluding carboxylic acids is 1. The van der Waals surface area contributed by atoms with Gasteiger partial charge in [-0.05, 0) is 6.07 Å². The third-order valence-corrected chi connectivity index (χ3v) is 4.16. The number of β-amino-alcohol motifs (C(OH)–C–C–N with tert-alkyl or cyclic N) is 1. The average Bonchev–Trinajstić information content (AvgIpc) is 2.68. The van der Waals surface area contributed by atoms with Gasteiger partial charge in [-0.25, -0.2) is 5.01 Å². The number of fused-ring (bicyclic) bond motifs is 3. The van der Waals surface area contributed by atoms with Crippen molar-refractivity contribution in [3.8, 4) is 0 Å². The number of nitrogens with zero attached hydrogens (tertiary/aromatic N) is 2. The van der Waals surface area contributed by atoms with Crippen LogP contribution in [0.1, 0.15) is 5.56 Å². The third kappa shape index (κ3) is 1.66. The summed E-state index contributed by atoms with van der Waals surface area (Å²) in [6.45, 7) is 0.232. The van der Waals surface area contributed by atoms with Crippen LogP contribution in [0, 0.1) is 5.92 Å². The maximum atomic E-state index is 12.0. The quantitative estimate of drug-likeness (QED) is 0.847. The van der Waals surface area contributed by atoms with Crippen LogP contribution in [0.15, 0.2) is 34.3 Å². The minimum atomic E-state index is -0.138. The maximum Gasteiger partial charge on any atom is 0.252 e. The molecular weight excluding hydrogens is 236 g/mol. The molecular formula is C12H12N2O2S. The van der Waals surface area contributed by atoms with Gasteiger partial charge >= 0.3 is 0 Å². The summed E-state index contributed by atoms with van der Waals surface area (Å²) < 4.78 is 0. The molecule has 5 heteroatoms. The second-order valence-corrected chi connectivity index (χ2v) is 5.09. The van der Waals surface area contributed by atoms with Gasteiger partial charge in [-0.3, -0.25) is 4.79 Å². The highest BCUT2D eigenvalue weighted by Gasteiger charge is 2.39. The lowest BCUT2D eigenvalue weighted by molar-refractivity contribution is -0.131. The second-order valence-electron chi connectivity index (χ2n) is 4.03. The van der Waals surface area contributed by atoms with Crippen molar-refractivity contribution in [2.24, 2.45) is 11.0 Å². The number of hydrazone groups is 1. The summed E-state index contributed by atoms with van der Waals surface area (Å²) in [5.74, 6) is 0.619. The van der Waals surface area contributed by atoms with Crippen molar-refractivity contribution in [3.63, 3.8) is 0 Å². The van der Waals surface area contributed by atoms with Gasteiger partial charge in [0.2, 0.25) is 0 Å². The number of amides is 1. The molecule has 17 heavy (non-hydrogen) atoms. The maximum absolute atomic E-state index is 12.0. The first-order chi connectivity index (χ1) is 8.31. The molecule has 2 heterocycles. The van der Waals surface area contributed by atoms with E-state index in [9.17, 15) is 4.79 Å². The zero-order valence-corrected chi connectivity index (χ0v) is 9.98. The molecule has 2 aliphatic rings. The molecule has 0 bridgehead atoms. The van der Waals surface area contributed by atoms with E-state index < -0.39 is 0 Å². The largest absolute Gasteiger partial charge is 0.394 e. The first-order valence-corrected chi connectivity index (χ1v) is 6.53. The number of aliphatic hydroxyl groups excluding tert-OH is 1. The fourth-order valence-electron chi connectivity index (χ4n) is 2.17. The predicted molar refractivity (Wildman–Crippen MR) is 66.0 cm³/mol. The van der Waals surface area contributed by atoms with E-state index in [-0.39, 0.29) is 25.0 Å². The molecule has 1 aromatic rings. The first kappa shape index (κ1) is 10.8. The van der Waals surface area contributed by atoms with Gasteiger partial charge in [0.05, 0.1) is 24.8 Å². The summed E-state index contributed by atoms with van der Waals surface area (Å²) in [6, 6.07) is 8.01. The van der Waals surface area contributed by atoms with Crippen LogP contribution < -0.4 is 0 Å². The van der Waals surface area contributed by atoms with Gasteiger partial charge in [-0.2, -0.15) is 5.10 Å². The topological polar surface area (TPSA) is 52.9 Å². The Morgan fingerprint density at radius 3 is 3.12 bits per heavy atom. The summed E-state index contributed by atoms with van der Waals surface area (Å²) in [4.78, 5) is 13.2. The molecule has 1 aromatic carbocycles. The Labute approximate surface area is 103 Å². The van der Waals surface area contributed by atoms with Crippen LogP contribution in [0.4, 0.5) is 0 Å². The van der Waals surface area contributed by atoms with Gasteiger partial charge in [0.25, 0.3) is 5.91 Å². The Morgan fingerprint density at radius 2 is 2.29 bits per heavy atom. The van der Waals surface area contributed by atoms with Crippen molar-refractivity contribution in [1.82, 2.24) is 5.01 Å². The van der Waals surface area contributed by atoms with Crippen LogP contribution in [-0.2, 0) is 4.79 Å². The van der Waals surface area contributed by atoms with Crippen LogP contribution in [0.5, 0.6) is 0 Å². The molecule has 0 aromatic heterocycles. The molecule has 0 aliphatic carbocycles. The molecule has 0 radical (unpaired) electrons. The summed E-state index contributed by atoms with van der Waals surface area (Å²) in [5.41, 5.74) is 1.92. The normalized spacial score (nSPS) is 22.2. The monoisotopic (exact) mass is 248 g/mol. The van der Waals surface area contributed by atoms with Gasteiger partial charge in [0.15, 0.2) is 0 Å². The standard InChI is InChI=1S/C12H12N2O2S/c15-6-5-14-12(16)9-7-17-10-4-2-1-3-8(10)11(9)13-14/h1-4,9,15H,5-7H2. The van der Waals surface area contributed by atoms with E-state index in [1.807, 2.05) is 18.2 Å². The van der Waals surface area contributed by atoms with E-state index in [2.05, 4.69) is 11.2 Å². The van der Waals surface area contributed by atoms with E-state index in [0.29, 0.717) is 0 Å². The highest BCUT2D eigenvalue weighted by atomic mass is 32.2. The second kappa shape index (κ2) is 4.16. The zero-order chi connectivity index (χ0) is 11.8. The first-order valence-electron chi connectivity index (χ1n) is 5.54. The molecule has 0 fully saturated rings. The number of hydrogen-bond acceptors (Lipinski definition) is 4. The molecule has 0 saturated carbocycles. The van der Waals surface area contributed by atoms with Crippen molar-refractivity contribution in [3.05, 3.63) is 29.8 Å². The van der Waals surface area contributed by atoms with E-state index >= 15 is 0 Å². The molecule has 4 nitrogen and oxygen atoms in total. The fraction of sp³-hybridized carbons (Fsp3) is 0.333. The Bertz CT molecular complexity index is 501. The Hall–Kier alpha value is -1.33. The predicted octanol–water partition coefficient (Wildman–Crippen LogP) is 0.947. The van der Waals surface area contributed by atoms with Crippen molar-refractivity contribution in [1.29, 1.82) is 0 Å². The summed E-state index contributed by atoms with van der Waals surface area (Å²) in [7, 11) is 0. The van der Waals surface area contributed by atoms with Crippen molar-refractivity contribution in [2.75, 3.05) is 18.9 Å². The Balaban J connectivity index is 2.02. The molecule has 3 rings (SSSR count). The highest BCUT2D eigenvalue weighted by molar-refractivity contribution is 7.99. The number of hydrogen-bond donors (Lipinski definition) is 1. The molecule has 1 unspecified atom stereocenters. The Morgan fingerprint density at radius 1 is 1.47 bits per heavy atom. The number of aliphatic hydroxyl groups is 1. The lowest BCUT2D eigenvalue weighted by Gasteiger charge is -2.19. The summed E-state index contributed by atoms with van der Waals surface area (Å²) in [6.07, 6.45) is 0. The van der Waals surface area contributed by atoms with Gasteiger partial charge < -0.3 is 5.11 Å². The van der Waals surface area contributed by atoms with Gasteiger partial charge in [0.1, 0.15) is 0 Å². The molecule has 2 aliphatic heterocycles. The average molecular weight is 248 g/mol. The highest BCUT2D eigenvalue weighted by Crippen LogP contribution is 2.36. The lowest BCUT2D eigenvalue weighted by atomic mass is 9.98. The summed E-state index contributed by atoms with van der Waals surface area (Å²) >= 11 is 1.70. The minimum absolute atomic E-state index is 0.0102. The van der Waals surface area contributed by atoms with E-state index in [1.54, 1.807) is 11.8 Å². The number of thioether (sulfide) groups is 1. The van der Waals surface area contributed by atoms with Crippen LogP contribution in [0.3, 0.4) is 0 Å². The molecule has 1 amide bonds. The molecule has 1 atom stereocenters. The van der Waals surface area contributed by atoms with Crippen LogP contribution in [0.25, 0.3) is 0 Å². The smallest absolute Gasteiger partial charge is 0.252 e. The van der Waals surface area contributed by atoms with E-state index in [1.165, 1.54) is 9.90 Å². The summed E-state index contributed by atoms with van der Waals surface area (Å²) in [5, 5.41) is 14.6. The van der Waals surface area contributed by atoms with E-state index in [0.717, 1.165) is 17.0 Å². The molecule has 0 saturated heterocycles.